The standard InChI is InChI=1S/C15H21F2N7O.ClH/c16-14(17)24-7-19-11-12(20-9-3-4-18-5-9)22-15(23-13(11)24)21-10(6-25)8-1-2-8;/h7-10,14,18,25H,1-6H2,(H2,20,21,22,23);1H/t9-,10-;/m0./s1. The molecule has 1 aliphatic carbocycles. The summed E-state index contributed by atoms with van der Waals surface area (Å²) in [5.74, 6) is 1.04. The van der Waals surface area contributed by atoms with Crippen LogP contribution in [0.2, 0.25) is 0 Å². The molecule has 1 aliphatic heterocycles. The molecule has 8 nitrogen and oxygen atoms in total. The van der Waals surface area contributed by atoms with E-state index >= 15 is 0 Å². The number of fused-ring (bicyclic) bond motifs is 1. The Morgan fingerprint density at radius 1 is 1.31 bits per heavy atom. The molecule has 2 aromatic heterocycles. The van der Waals surface area contributed by atoms with Crippen molar-refractivity contribution >= 4 is 35.3 Å². The van der Waals surface area contributed by atoms with Crippen LogP contribution in [0.5, 0.6) is 0 Å². The smallest absolute Gasteiger partial charge is 0.321 e. The fraction of sp³-hybridized carbons (Fsp3) is 0.667. The molecule has 4 N–H and O–H groups in total. The molecule has 2 atom stereocenters. The van der Waals surface area contributed by atoms with Crippen LogP contribution in [0.25, 0.3) is 11.2 Å². The van der Waals surface area contributed by atoms with Crippen molar-refractivity contribution in [3.05, 3.63) is 6.33 Å². The molecule has 1 saturated carbocycles. The van der Waals surface area contributed by atoms with Gasteiger partial charge in [0.2, 0.25) is 5.95 Å². The van der Waals surface area contributed by atoms with Gasteiger partial charge in [-0.15, -0.1) is 12.4 Å². The van der Waals surface area contributed by atoms with E-state index in [1.165, 1.54) is 0 Å². The number of halogens is 3. The summed E-state index contributed by atoms with van der Waals surface area (Å²) in [6, 6.07) is 0.00101. The number of aliphatic hydroxyl groups excluding tert-OH is 1. The van der Waals surface area contributed by atoms with Gasteiger partial charge in [-0.05, 0) is 31.7 Å². The molecule has 2 fully saturated rings. The summed E-state index contributed by atoms with van der Waals surface area (Å²) < 4.78 is 27.2. The van der Waals surface area contributed by atoms with E-state index in [9.17, 15) is 13.9 Å². The highest BCUT2D eigenvalue weighted by Gasteiger charge is 2.31. The fourth-order valence-electron chi connectivity index (χ4n) is 3.17. The Morgan fingerprint density at radius 2 is 2.12 bits per heavy atom. The third-order valence-electron chi connectivity index (χ3n) is 4.74. The molecule has 0 aromatic carbocycles. The lowest BCUT2D eigenvalue weighted by molar-refractivity contribution is 0.0740. The number of imidazole rings is 1. The minimum absolute atomic E-state index is 0. The molecule has 11 heteroatoms. The second-order valence-corrected chi connectivity index (χ2v) is 6.60. The van der Waals surface area contributed by atoms with Crippen molar-refractivity contribution < 1.29 is 13.9 Å². The van der Waals surface area contributed by atoms with Gasteiger partial charge in [-0.25, -0.2) is 4.98 Å². The van der Waals surface area contributed by atoms with Crippen LogP contribution in [0.15, 0.2) is 6.33 Å². The van der Waals surface area contributed by atoms with E-state index in [1.54, 1.807) is 0 Å². The molecular weight excluding hydrogens is 368 g/mol. The predicted molar refractivity (Wildman–Crippen MR) is 95.9 cm³/mol. The summed E-state index contributed by atoms with van der Waals surface area (Å²) in [6.07, 6.45) is 4.07. The van der Waals surface area contributed by atoms with Gasteiger partial charge in [0.15, 0.2) is 17.0 Å². The van der Waals surface area contributed by atoms with Crippen LogP contribution < -0.4 is 16.0 Å². The number of hydrogen-bond donors (Lipinski definition) is 4. The highest BCUT2D eigenvalue weighted by Crippen LogP contribution is 2.34. The first-order valence-electron chi connectivity index (χ1n) is 8.53. The highest BCUT2D eigenvalue weighted by molar-refractivity contribution is 5.85. The molecule has 0 radical (unpaired) electrons. The molecule has 4 rings (SSSR count). The van der Waals surface area contributed by atoms with Crippen molar-refractivity contribution in [1.29, 1.82) is 0 Å². The Morgan fingerprint density at radius 3 is 2.73 bits per heavy atom. The second kappa shape index (κ2) is 7.85. The van der Waals surface area contributed by atoms with Gasteiger partial charge in [0.25, 0.3) is 0 Å². The van der Waals surface area contributed by atoms with Crippen molar-refractivity contribution in [1.82, 2.24) is 24.8 Å². The lowest BCUT2D eigenvalue weighted by atomic mass is 10.2. The van der Waals surface area contributed by atoms with Crippen LogP contribution in [0, 0.1) is 5.92 Å². The minimum Gasteiger partial charge on any atom is -0.394 e. The van der Waals surface area contributed by atoms with Gasteiger partial charge in [0, 0.05) is 12.6 Å². The molecule has 2 aromatic rings. The van der Waals surface area contributed by atoms with Gasteiger partial charge in [0.1, 0.15) is 6.33 Å². The number of hydrogen-bond acceptors (Lipinski definition) is 7. The van der Waals surface area contributed by atoms with E-state index in [-0.39, 0.29) is 42.7 Å². The quantitative estimate of drug-likeness (QED) is 0.570. The Labute approximate surface area is 155 Å². The second-order valence-electron chi connectivity index (χ2n) is 6.60. The first-order chi connectivity index (χ1) is 12.2. The van der Waals surface area contributed by atoms with Gasteiger partial charge in [-0.2, -0.15) is 18.7 Å². The molecular formula is C15H22ClF2N7O. The average molecular weight is 390 g/mol. The average Bonchev–Trinajstić information content (AvgIpc) is 3.13. The zero-order valence-corrected chi connectivity index (χ0v) is 14.8. The molecule has 144 valence electrons. The van der Waals surface area contributed by atoms with Crippen molar-refractivity contribution in [2.45, 2.75) is 37.9 Å². The summed E-state index contributed by atoms with van der Waals surface area (Å²) in [4.78, 5) is 12.7. The molecule has 1 saturated heterocycles. The predicted octanol–water partition coefficient (Wildman–Crippen LogP) is 1.60. The van der Waals surface area contributed by atoms with E-state index < -0.39 is 6.55 Å². The third kappa shape index (κ3) is 3.81. The van der Waals surface area contributed by atoms with Crippen LogP contribution in [-0.2, 0) is 0 Å². The van der Waals surface area contributed by atoms with Crippen LogP contribution in [0.1, 0.15) is 25.8 Å². The summed E-state index contributed by atoms with van der Waals surface area (Å²) >= 11 is 0. The van der Waals surface area contributed by atoms with Crippen molar-refractivity contribution in [2.24, 2.45) is 5.92 Å². The van der Waals surface area contributed by atoms with E-state index in [4.69, 9.17) is 0 Å². The van der Waals surface area contributed by atoms with Crippen LogP contribution in [-0.4, -0.2) is 56.4 Å². The molecule has 0 unspecified atom stereocenters. The zero-order valence-electron chi connectivity index (χ0n) is 14.0. The number of aromatic nitrogens is 4. The fourth-order valence-corrected chi connectivity index (χ4v) is 3.17. The molecule has 26 heavy (non-hydrogen) atoms. The first-order valence-corrected chi connectivity index (χ1v) is 8.53. The maximum Gasteiger partial charge on any atom is 0.321 e. The van der Waals surface area contributed by atoms with Crippen LogP contribution in [0.4, 0.5) is 20.5 Å². The maximum absolute atomic E-state index is 13.2. The largest absolute Gasteiger partial charge is 0.394 e. The normalized spacial score (nSPS) is 21.0. The number of aliphatic hydroxyl groups is 1. The summed E-state index contributed by atoms with van der Waals surface area (Å²) in [7, 11) is 0. The monoisotopic (exact) mass is 389 g/mol. The van der Waals surface area contributed by atoms with E-state index in [0.29, 0.717) is 17.3 Å². The Bertz CT molecular complexity index is 749. The summed E-state index contributed by atoms with van der Waals surface area (Å²) in [5.41, 5.74) is 0.401. The number of nitrogens with zero attached hydrogens (tertiary/aromatic N) is 4. The van der Waals surface area contributed by atoms with E-state index in [1.807, 2.05) is 0 Å². The van der Waals surface area contributed by atoms with Gasteiger partial charge >= 0.3 is 6.55 Å². The molecule has 0 bridgehead atoms. The van der Waals surface area contributed by atoms with Gasteiger partial charge in [-0.3, -0.25) is 4.57 Å². The Hall–Kier alpha value is -1.78. The topological polar surface area (TPSA) is 99.9 Å². The molecule has 0 spiro atoms. The van der Waals surface area contributed by atoms with Gasteiger partial charge < -0.3 is 21.1 Å². The first kappa shape index (κ1) is 19.0. The lowest BCUT2D eigenvalue weighted by Gasteiger charge is -2.18. The summed E-state index contributed by atoms with van der Waals surface area (Å²) in [5, 5.41) is 19.1. The Kier molecular flexibility index (Phi) is 5.73. The van der Waals surface area contributed by atoms with Crippen molar-refractivity contribution in [3.8, 4) is 0 Å². The molecule has 3 heterocycles. The number of anilines is 2. The number of rotatable bonds is 7. The number of alkyl halides is 2. The van der Waals surface area contributed by atoms with Gasteiger partial charge in [0.05, 0.1) is 12.6 Å². The SMILES string of the molecule is Cl.OC[C@H](Nc1nc(N[C@H]2CCNC2)c2ncn(C(F)F)c2n1)C1CC1. The summed E-state index contributed by atoms with van der Waals surface area (Å²) in [6.45, 7) is -1.09. The van der Waals surface area contributed by atoms with E-state index in [0.717, 1.165) is 43.2 Å². The lowest BCUT2D eigenvalue weighted by Crippen LogP contribution is -2.28. The maximum atomic E-state index is 13.2. The Balaban J connectivity index is 0.00000196. The van der Waals surface area contributed by atoms with Crippen molar-refractivity contribution in [2.75, 3.05) is 30.3 Å². The third-order valence-corrected chi connectivity index (χ3v) is 4.74. The molecule has 0 amide bonds. The van der Waals surface area contributed by atoms with Gasteiger partial charge in [-0.1, -0.05) is 0 Å². The van der Waals surface area contributed by atoms with Crippen molar-refractivity contribution in [3.63, 3.8) is 0 Å². The van der Waals surface area contributed by atoms with E-state index in [2.05, 4.69) is 30.9 Å². The minimum atomic E-state index is -2.73. The zero-order chi connectivity index (χ0) is 17.4. The molecule has 2 aliphatic rings. The highest BCUT2D eigenvalue weighted by atomic mass is 35.5. The van der Waals surface area contributed by atoms with Crippen LogP contribution in [0.3, 0.4) is 0 Å². The van der Waals surface area contributed by atoms with Crippen LogP contribution >= 0.6 is 12.4 Å². The number of nitrogens with one attached hydrogen (secondary N) is 3.